The third-order valence-electron chi connectivity index (χ3n) is 4.89. The van der Waals surface area contributed by atoms with Crippen molar-refractivity contribution in [1.29, 1.82) is 0 Å². The molecule has 3 rings (SSSR count). The van der Waals surface area contributed by atoms with Gasteiger partial charge in [0, 0.05) is 38.3 Å². The van der Waals surface area contributed by atoms with Crippen molar-refractivity contribution < 1.29 is 9.53 Å². The molecule has 0 radical (unpaired) electrons. The van der Waals surface area contributed by atoms with Crippen LogP contribution in [0.1, 0.15) is 24.5 Å². The van der Waals surface area contributed by atoms with Crippen LogP contribution < -0.4 is 4.90 Å². The number of rotatable bonds is 7. The molecule has 1 amide bonds. The molecule has 0 saturated carbocycles. The maximum atomic E-state index is 12.6. The van der Waals surface area contributed by atoms with E-state index in [2.05, 4.69) is 41.3 Å². The molecule has 1 aliphatic rings. The van der Waals surface area contributed by atoms with Crippen molar-refractivity contribution in [2.75, 3.05) is 37.7 Å². The molecule has 26 heavy (non-hydrogen) atoms. The summed E-state index contributed by atoms with van der Waals surface area (Å²) in [5, 5.41) is 0. The Balaban J connectivity index is 1.51. The van der Waals surface area contributed by atoms with Crippen molar-refractivity contribution in [3.8, 4) is 0 Å². The van der Waals surface area contributed by atoms with E-state index in [0.29, 0.717) is 13.0 Å². The van der Waals surface area contributed by atoms with Gasteiger partial charge in [0.25, 0.3) is 0 Å². The van der Waals surface area contributed by atoms with E-state index in [4.69, 9.17) is 4.74 Å². The number of anilines is 1. The predicted octanol–water partition coefficient (Wildman–Crippen LogP) is 3.50. The lowest BCUT2D eigenvalue weighted by atomic mass is 10.1. The molecule has 138 valence electrons. The zero-order valence-electron chi connectivity index (χ0n) is 15.6. The van der Waals surface area contributed by atoms with Crippen LogP contribution in [-0.4, -0.2) is 43.7 Å². The highest BCUT2D eigenvalue weighted by Crippen LogP contribution is 2.18. The summed E-state index contributed by atoms with van der Waals surface area (Å²) in [6.45, 7) is 6.95. The SMILES string of the molecule is CCN(Cc1ccccc1)C(=O)CCc1ccc(N2CCOCC2)cc1. The van der Waals surface area contributed by atoms with Gasteiger partial charge in [0.2, 0.25) is 5.91 Å². The highest BCUT2D eigenvalue weighted by atomic mass is 16.5. The lowest BCUT2D eigenvalue weighted by molar-refractivity contribution is -0.131. The molecule has 1 fully saturated rings. The van der Waals surface area contributed by atoms with E-state index in [1.165, 1.54) is 16.8 Å². The monoisotopic (exact) mass is 352 g/mol. The van der Waals surface area contributed by atoms with Gasteiger partial charge in [-0.3, -0.25) is 4.79 Å². The molecule has 2 aromatic carbocycles. The number of aryl methyl sites for hydroxylation is 1. The molecule has 1 saturated heterocycles. The predicted molar refractivity (Wildman–Crippen MR) is 105 cm³/mol. The van der Waals surface area contributed by atoms with Gasteiger partial charge in [0.15, 0.2) is 0 Å². The minimum absolute atomic E-state index is 0.216. The molecule has 0 bridgehead atoms. The highest BCUT2D eigenvalue weighted by molar-refractivity contribution is 5.76. The molecule has 1 aliphatic heterocycles. The van der Waals surface area contributed by atoms with Crippen LogP contribution in [-0.2, 0) is 22.5 Å². The zero-order valence-corrected chi connectivity index (χ0v) is 15.6. The Morgan fingerprint density at radius 1 is 1.00 bits per heavy atom. The first-order valence-electron chi connectivity index (χ1n) is 9.49. The molecule has 0 atom stereocenters. The van der Waals surface area contributed by atoms with E-state index in [0.717, 1.165) is 39.3 Å². The Morgan fingerprint density at radius 2 is 1.69 bits per heavy atom. The summed E-state index contributed by atoms with van der Waals surface area (Å²) in [6, 6.07) is 18.8. The molecule has 0 aliphatic carbocycles. The summed E-state index contributed by atoms with van der Waals surface area (Å²) in [6.07, 6.45) is 1.34. The quantitative estimate of drug-likeness (QED) is 0.764. The molecule has 0 spiro atoms. The van der Waals surface area contributed by atoms with E-state index >= 15 is 0 Å². The molecular formula is C22H28N2O2. The van der Waals surface area contributed by atoms with Crippen LogP contribution in [0.4, 0.5) is 5.69 Å². The van der Waals surface area contributed by atoms with Crippen LogP contribution in [0.25, 0.3) is 0 Å². The van der Waals surface area contributed by atoms with Gasteiger partial charge >= 0.3 is 0 Å². The molecule has 4 heteroatoms. The van der Waals surface area contributed by atoms with Crippen molar-refractivity contribution in [2.24, 2.45) is 0 Å². The van der Waals surface area contributed by atoms with Gasteiger partial charge in [-0.25, -0.2) is 0 Å². The first-order chi connectivity index (χ1) is 12.8. The van der Waals surface area contributed by atoms with Crippen LogP contribution >= 0.6 is 0 Å². The third-order valence-corrected chi connectivity index (χ3v) is 4.89. The lowest BCUT2D eigenvalue weighted by Crippen LogP contribution is -2.36. The molecule has 1 heterocycles. The molecular weight excluding hydrogens is 324 g/mol. The number of hydrogen-bond donors (Lipinski definition) is 0. The summed E-state index contributed by atoms with van der Waals surface area (Å²) in [5.41, 5.74) is 3.63. The Hall–Kier alpha value is -2.33. The van der Waals surface area contributed by atoms with Crippen molar-refractivity contribution >= 4 is 11.6 Å². The van der Waals surface area contributed by atoms with Gasteiger partial charge in [0.05, 0.1) is 13.2 Å². The standard InChI is InChI=1S/C22H28N2O2/c1-2-23(18-20-6-4-3-5-7-20)22(25)13-10-19-8-11-21(12-9-19)24-14-16-26-17-15-24/h3-9,11-12H,2,10,13-18H2,1H3. The summed E-state index contributed by atoms with van der Waals surface area (Å²) >= 11 is 0. The first-order valence-corrected chi connectivity index (χ1v) is 9.49. The van der Waals surface area contributed by atoms with E-state index in [9.17, 15) is 4.79 Å². The average molecular weight is 352 g/mol. The third kappa shape index (κ3) is 5.09. The smallest absolute Gasteiger partial charge is 0.223 e. The number of amides is 1. The second-order valence-corrected chi connectivity index (χ2v) is 6.66. The van der Waals surface area contributed by atoms with Gasteiger partial charge in [-0.15, -0.1) is 0 Å². The minimum Gasteiger partial charge on any atom is -0.378 e. The summed E-state index contributed by atoms with van der Waals surface area (Å²) in [4.78, 5) is 16.8. The normalized spacial score (nSPS) is 14.3. The lowest BCUT2D eigenvalue weighted by Gasteiger charge is -2.29. The topological polar surface area (TPSA) is 32.8 Å². The van der Waals surface area contributed by atoms with Gasteiger partial charge in [0.1, 0.15) is 0 Å². The fraction of sp³-hybridized carbons (Fsp3) is 0.409. The van der Waals surface area contributed by atoms with Crippen molar-refractivity contribution in [3.05, 3.63) is 65.7 Å². The Labute approximate surface area is 156 Å². The number of morpholine rings is 1. The van der Waals surface area contributed by atoms with Crippen LogP contribution in [0.15, 0.2) is 54.6 Å². The van der Waals surface area contributed by atoms with Crippen LogP contribution in [0.5, 0.6) is 0 Å². The highest BCUT2D eigenvalue weighted by Gasteiger charge is 2.13. The number of carbonyl (C=O) groups is 1. The second kappa shape index (κ2) is 9.39. The van der Waals surface area contributed by atoms with Crippen LogP contribution in [0, 0.1) is 0 Å². The number of carbonyl (C=O) groups excluding carboxylic acids is 1. The Kier molecular flexibility index (Phi) is 6.67. The van der Waals surface area contributed by atoms with E-state index in [1.807, 2.05) is 30.0 Å². The van der Waals surface area contributed by atoms with Crippen LogP contribution in [0.2, 0.25) is 0 Å². The van der Waals surface area contributed by atoms with Gasteiger partial charge in [-0.2, -0.15) is 0 Å². The Bertz CT molecular complexity index is 679. The Morgan fingerprint density at radius 3 is 2.35 bits per heavy atom. The van der Waals surface area contributed by atoms with Crippen LogP contribution in [0.3, 0.4) is 0 Å². The van der Waals surface area contributed by atoms with Gasteiger partial charge < -0.3 is 14.5 Å². The number of ether oxygens (including phenoxy) is 1. The second-order valence-electron chi connectivity index (χ2n) is 6.66. The number of benzene rings is 2. The van der Waals surface area contributed by atoms with Crippen molar-refractivity contribution in [1.82, 2.24) is 4.90 Å². The van der Waals surface area contributed by atoms with E-state index < -0.39 is 0 Å². The number of hydrogen-bond acceptors (Lipinski definition) is 3. The maximum absolute atomic E-state index is 12.6. The summed E-state index contributed by atoms with van der Waals surface area (Å²) < 4.78 is 5.40. The van der Waals surface area contributed by atoms with Gasteiger partial charge in [-0.05, 0) is 36.6 Å². The van der Waals surface area contributed by atoms with E-state index in [1.54, 1.807) is 0 Å². The van der Waals surface area contributed by atoms with Gasteiger partial charge in [-0.1, -0.05) is 42.5 Å². The first kappa shape index (κ1) is 18.5. The molecule has 4 nitrogen and oxygen atoms in total. The zero-order chi connectivity index (χ0) is 18.2. The average Bonchev–Trinajstić information content (AvgIpc) is 2.72. The fourth-order valence-corrected chi connectivity index (χ4v) is 3.28. The fourth-order valence-electron chi connectivity index (χ4n) is 3.28. The van der Waals surface area contributed by atoms with Crippen molar-refractivity contribution in [3.63, 3.8) is 0 Å². The van der Waals surface area contributed by atoms with E-state index in [-0.39, 0.29) is 5.91 Å². The maximum Gasteiger partial charge on any atom is 0.223 e. The largest absolute Gasteiger partial charge is 0.378 e. The minimum atomic E-state index is 0.216. The summed E-state index contributed by atoms with van der Waals surface area (Å²) in [5.74, 6) is 0.216. The molecule has 2 aromatic rings. The molecule has 0 aromatic heterocycles. The summed E-state index contributed by atoms with van der Waals surface area (Å²) in [7, 11) is 0. The number of nitrogens with zero attached hydrogens (tertiary/aromatic N) is 2. The van der Waals surface area contributed by atoms with Crippen molar-refractivity contribution in [2.45, 2.75) is 26.3 Å². The molecule has 0 unspecified atom stereocenters. The molecule has 0 N–H and O–H groups in total.